The molecule has 2 saturated heterocycles. The van der Waals surface area contributed by atoms with E-state index >= 15 is 0 Å². The van der Waals surface area contributed by atoms with Crippen LogP contribution in [0.1, 0.15) is 30.4 Å². The molecule has 0 radical (unpaired) electrons. The largest absolute Gasteiger partial charge is 0.345 e. The molecule has 7 heteroatoms. The molecule has 2 amide bonds. The zero-order valence-electron chi connectivity index (χ0n) is 17.0. The van der Waals surface area contributed by atoms with Crippen LogP contribution in [0.5, 0.6) is 0 Å². The molecule has 2 fully saturated rings. The molecule has 0 bridgehead atoms. The van der Waals surface area contributed by atoms with Crippen molar-refractivity contribution in [1.29, 1.82) is 0 Å². The van der Waals surface area contributed by atoms with E-state index in [0.717, 1.165) is 49.0 Å². The number of amides is 2. The lowest BCUT2D eigenvalue weighted by atomic mass is 9.78. The maximum absolute atomic E-state index is 13.6. The monoisotopic (exact) mass is 393 g/mol. The molecular formula is C22H27N5O2. The van der Waals surface area contributed by atoms with Crippen LogP contribution in [0.4, 0.5) is 5.69 Å². The van der Waals surface area contributed by atoms with Gasteiger partial charge >= 0.3 is 0 Å². The highest BCUT2D eigenvalue weighted by Crippen LogP contribution is 2.55. The molecule has 2 aromatic rings. The fourth-order valence-corrected chi connectivity index (χ4v) is 5.64. The number of rotatable bonds is 4. The maximum atomic E-state index is 13.6. The minimum atomic E-state index is -0.864. The summed E-state index contributed by atoms with van der Waals surface area (Å²) >= 11 is 0. The van der Waals surface area contributed by atoms with E-state index in [1.54, 1.807) is 9.58 Å². The SMILES string of the molecule is CN(CCc1cnn(C)c1)C(=O)[C@@H]1C[C@H]2CCCN2[C@]12C(=O)Nc1ccccc12. The zero-order valence-corrected chi connectivity index (χ0v) is 17.0. The van der Waals surface area contributed by atoms with Gasteiger partial charge in [-0.05, 0) is 43.9 Å². The van der Waals surface area contributed by atoms with E-state index in [1.807, 2.05) is 50.8 Å². The first-order valence-corrected chi connectivity index (χ1v) is 10.4. The number of carbonyl (C=O) groups excluding carboxylic acids is 2. The number of hydrogen-bond acceptors (Lipinski definition) is 4. The quantitative estimate of drug-likeness (QED) is 0.859. The van der Waals surface area contributed by atoms with Gasteiger partial charge in [0.1, 0.15) is 5.54 Å². The van der Waals surface area contributed by atoms with Gasteiger partial charge in [0.25, 0.3) is 0 Å². The Bertz CT molecular complexity index is 970. The van der Waals surface area contributed by atoms with E-state index in [9.17, 15) is 9.59 Å². The van der Waals surface area contributed by atoms with Crippen molar-refractivity contribution in [2.24, 2.45) is 13.0 Å². The van der Waals surface area contributed by atoms with Gasteiger partial charge in [-0.15, -0.1) is 0 Å². The van der Waals surface area contributed by atoms with Crippen LogP contribution in [-0.4, -0.2) is 57.6 Å². The molecule has 29 heavy (non-hydrogen) atoms. The minimum Gasteiger partial charge on any atom is -0.345 e. The predicted octanol–water partition coefficient (Wildman–Crippen LogP) is 1.75. The first kappa shape index (κ1) is 18.4. The van der Waals surface area contributed by atoms with Crippen molar-refractivity contribution in [3.05, 3.63) is 47.8 Å². The van der Waals surface area contributed by atoms with Gasteiger partial charge in [0.05, 0.1) is 12.1 Å². The third kappa shape index (κ3) is 2.64. The Kier molecular flexibility index (Phi) is 4.24. The number of benzene rings is 1. The maximum Gasteiger partial charge on any atom is 0.250 e. The topological polar surface area (TPSA) is 70.5 Å². The van der Waals surface area contributed by atoms with Crippen molar-refractivity contribution in [2.75, 3.05) is 25.5 Å². The van der Waals surface area contributed by atoms with E-state index in [0.29, 0.717) is 12.6 Å². The summed E-state index contributed by atoms with van der Waals surface area (Å²) < 4.78 is 1.78. The fraction of sp³-hybridized carbons (Fsp3) is 0.500. The molecule has 1 spiro atoms. The average molecular weight is 393 g/mol. The standard InChI is InChI=1S/C22H27N5O2/c1-25(11-9-15-13-23-26(2)14-15)20(28)18-12-16-6-5-10-27(16)22(18)17-7-3-4-8-19(17)24-21(22)29/h3-4,7-8,13-14,16,18H,5-6,9-12H2,1-2H3,(H,24,29)/t16-,18+,22+/m1/s1. The summed E-state index contributed by atoms with van der Waals surface area (Å²) in [5.74, 6) is -0.326. The van der Waals surface area contributed by atoms with Crippen molar-refractivity contribution >= 4 is 17.5 Å². The highest BCUT2D eigenvalue weighted by atomic mass is 16.2. The number of anilines is 1. The zero-order chi connectivity index (χ0) is 20.2. The number of fused-ring (bicyclic) bond motifs is 4. The lowest BCUT2D eigenvalue weighted by Crippen LogP contribution is -2.54. The summed E-state index contributed by atoms with van der Waals surface area (Å²) in [6.07, 6.45) is 7.46. The van der Waals surface area contributed by atoms with Gasteiger partial charge in [0, 0.05) is 44.1 Å². The van der Waals surface area contributed by atoms with E-state index in [-0.39, 0.29) is 17.7 Å². The van der Waals surface area contributed by atoms with Gasteiger partial charge in [-0.2, -0.15) is 5.10 Å². The fourth-order valence-electron chi connectivity index (χ4n) is 5.64. The number of aromatic nitrogens is 2. The molecule has 0 aliphatic carbocycles. The molecule has 7 nitrogen and oxygen atoms in total. The van der Waals surface area contributed by atoms with E-state index in [2.05, 4.69) is 15.3 Å². The van der Waals surface area contributed by atoms with Gasteiger partial charge in [-0.25, -0.2) is 0 Å². The summed E-state index contributed by atoms with van der Waals surface area (Å²) in [5, 5.41) is 7.27. The predicted molar refractivity (Wildman–Crippen MR) is 109 cm³/mol. The number of likely N-dealkylation sites (N-methyl/N-ethyl adjacent to an activating group) is 1. The van der Waals surface area contributed by atoms with Crippen LogP contribution in [-0.2, 0) is 28.6 Å². The minimum absolute atomic E-state index is 0.0397. The van der Waals surface area contributed by atoms with Crippen molar-refractivity contribution in [3.8, 4) is 0 Å². The Balaban J connectivity index is 1.45. The van der Waals surface area contributed by atoms with Gasteiger partial charge in [0.2, 0.25) is 11.8 Å². The first-order valence-electron chi connectivity index (χ1n) is 10.4. The second-order valence-corrected chi connectivity index (χ2v) is 8.58. The highest BCUT2D eigenvalue weighted by Gasteiger charge is 2.65. The van der Waals surface area contributed by atoms with Crippen LogP contribution in [0.25, 0.3) is 0 Å². The van der Waals surface area contributed by atoms with Gasteiger partial charge < -0.3 is 10.2 Å². The van der Waals surface area contributed by atoms with Gasteiger partial charge in [0.15, 0.2) is 0 Å². The summed E-state index contributed by atoms with van der Waals surface area (Å²) in [6.45, 7) is 1.49. The lowest BCUT2D eigenvalue weighted by molar-refractivity contribution is -0.143. The average Bonchev–Trinajstić information content (AvgIpc) is 3.45. The molecule has 3 atom stereocenters. The second-order valence-electron chi connectivity index (χ2n) is 8.58. The molecule has 5 rings (SSSR count). The number of aryl methyl sites for hydroxylation is 1. The first-order chi connectivity index (χ1) is 14.0. The molecule has 152 valence electrons. The summed E-state index contributed by atoms with van der Waals surface area (Å²) in [4.78, 5) is 31.1. The number of para-hydroxylation sites is 1. The lowest BCUT2D eigenvalue weighted by Gasteiger charge is -2.37. The molecule has 3 aliphatic heterocycles. The third-order valence-electron chi connectivity index (χ3n) is 6.94. The summed E-state index contributed by atoms with van der Waals surface area (Å²) in [5.41, 5.74) is 2.06. The normalized spacial score (nSPS) is 27.9. The van der Waals surface area contributed by atoms with E-state index in [1.165, 1.54) is 0 Å². The van der Waals surface area contributed by atoms with E-state index in [4.69, 9.17) is 0 Å². The Labute approximate surface area is 170 Å². The molecule has 3 aliphatic rings. The van der Waals surface area contributed by atoms with Gasteiger partial charge in [-0.3, -0.25) is 19.2 Å². The van der Waals surface area contributed by atoms with E-state index < -0.39 is 5.54 Å². The Morgan fingerprint density at radius 2 is 2.21 bits per heavy atom. The number of carbonyl (C=O) groups is 2. The van der Waals surface area contributed by atoms with Crippen LogP contribution >= 0.6 is 0 Å². The van der Waals surface area contributed by atoms with Crippen LogP contribution in [0, 0.1) is 5.92 Å². The Morgan fingerprint density at radius 3 is 3.00 bits per heavy atom. The number of hydrogen-bond donors (Lipinski definition) is 1. The second kappa shape index (κ2) is 6.69. The molecular weight excluding hydrogens is 366 g/mol. The molecule has 4 heterocycles. The molecule has 1 aromatic carbocycles. The van der Waals surface area contributed by atoms with Crippen LogP contribution < -0.4 is 5.32 Å². The third-order valence-corrected chi connectivity index (χ3v) is 6.94. The van der Waals surface area contributed by atoms with Crippen molar-refractivity contribution in [2.45, 2.75) is 37.3 Å². The summed E-state index contributed by atoms with van der Waals surface area (Å²) in [7, 11) is 3.75. The Morgan fingerprint density at radius 1 is 1.38 bits per heavy atom. The molecule has 1 N–H and O–H groups in total. The summed E-state index contributed by atoms with van der Waals surface area (Å²) in [6, 6.07) is 8.17. The number of nitrogens with zero attached hydrogens (tertiary/aromatic N) is 4. The smallest absolute Gasteiger partial charge is 0.250 e. The number of nitrogens with one attached hydrogen (secondary N) is 1. The Hall–Kier alpha value is -2.67. The van der Waals surface area contributed by atoms with Crippen molar-refractivity contribution in [3.63, 3.8) is 0 Å². The molecule has 0 saturated carbocycles. The highest BCUT2D eigenvalue weighted by molar-refractivity contribution is 6.09. The van der Waals surface area contributed by atoms with Crippen LogP contribution in [0.2, 0.25) is 0 Å². The van der Waals surface area contributed by atoms with Crippen molar-refractivity contribution < 1.29 is 9.59 Å². The van der Waals surface area contributed by atoms with Crippen LogP contribution in [0.3, 0.4) is 0 Å². The van der Waals surface area contributed by atoms with Crippen molar-refractivity contribution in [1.82, 2.24) is 19.6 Å². The molecule has 0 unspecified atom stereocenters. The molecule has 1 aromatic heterocycles. The van der Waals surface area contributed by atoms with Gasteiger partial charge in [-0.1, -0.05) is 18.2 Å². The van der Waals surface area contributed by atoms with Crippen LogP contribution in [0.15, 0.2) is 36.7 Å².